The predicted octanol–water partition coefficient (Wildman–Crippen LogP) is 1.14. The maximum Gasteiger partial charge on any atom is 0.163 e. The summed E-state index contributed by atoms with van der Waals surface area (Å²) in [5.41, 5.74) is 0.867. The van der Waals surface area contributed by atoms with Gasteiger partial charge in [-0.05, 0) is 19.8 Å². The van der Waals surface area contributed by atoms with Gasteiger partial charge >= 0.3 is 0 Å². The molecule has 1 atom stereocenters. The van der Waals surface area contributed by atoms with Gasteiger partial charge in [-0.3, -0.25) is 4.68 Å². The van der Waals surface area contributed by atoms with Crippen molar-refractivity contribution in [2.45, 2.75) is 25.8 Å². The van der Waals surface area contributed by atoms with Crippen LogP contribution in [0.15, 0.2) is 12.5 Å². The van der Waals surface area contributed by atoms with Gasteiger partial charge in [0.05, 0.1) is 17.6 Å². The van der Waals surface area contributed by atoms with Crippen LogP contribution in [-0.4, -0.2) is 41.1 Å². The Morgan fingerprint density at radius 3 is 2.86 bits per heavy atom. The Kier molecular flexibility index (Phi) is 2.85. The highest BCUT2D eigenvalue weighted by atomic mass is 15.3. The normalized spacial score (nSPS) is 18.5. The summed E-state index contributed by atoms with van der Waals surface area (Å²) in [7, 11) is 3.89. The van der Waals surface area contributed by atoms with Gasteiger partial charge in [-0.15, -0.1) is 10.2 Å². The maximum absolute atomic E-state index is 4.69. The number of hydrogen-bond acceptors (Lipinski definition) is 6. The molecule has 8 heteroatoms. The van der Waals surface area contributed by atoms with E-state index in [1.165, 1.54) is 0 Å². The third kappa shape index (κ3) is 1.87. The van der Waals surface area contributed by atoms with Crippen LogP contribution < -0.4 is 4.90 Å². The molecule has 0 unspecified atom stereocenters. The monoisotopic (exact) mass is 298 g/mol. The van der Waals surface area contributed by atoms with Gasteiger partial charge in [-0.1, -0.05) is 0 Å². The molecule has 1 aliphatic heterocycles. The molecule has 4 heterocycles. The first kappa shape index (κ1) is 13.2. The van der Waals surface area contributed by atoms with Crippen molar-refractivity contribution < 1.29 is 0 Å². The summed E-state index contributed by atoms with van der Waals surface area (Å²) in [6.45, 7) is 2.88. The Hall–Kier alpha value is -2.51. The Morgan fingerprint density at radius 2 is 2.09 bits per heavy atom. The Morgan fingerprint density at radius 1 is 1.23 bits per heavy atom. The maximum atomic E-state index is 4.69. The Labute approximate surface area is 127 Å². The first-order valence-electron chi connectivity index (χ1n) is 7.42. The van der Waals surface area contributed by atoms with E-state index in [9.17, 15) is 0 Å². The zero-order valence-electron chi connectivity index (χ0n) is 12.9. The first-order valence-corrected chi connectivity index (χ1v) is 7.42. The fourth-order valence-corrected chi connectivity index (χ4v) is 3.21. The van der Waals surface area contributed by atoms with Crippen molar-refractivity contribution in [2.24, 2.45) is 14.1 Å². The summed E-state index contributed by atoms with van der Waals surface area (Å²) < 4.78 is 3.78. The fraction of sp³-hybridized carbons (Fsp3) is 0.500. The first-order chi connectivity index (χ1) is 10.6. The molecular formula is C14H18N8. The third-order valence-corrected chi connectivity index (χ3v) is 4.25. The molecule has 114 valence electrons. The molecule has 0 amide bonds. The predicted molar refractivity (Wildman–Crippen MR) is 81.4 cm³/mol. The van der Waals surface area contributed by atoms with Crippen LogP contribution in [0.2, 0.25) is 0 Å². The highest BCUT2D eigenvalue weighted by Gasteiger charge is 2.32. The second-order valence-corrected chi connectivity index (χ2v) is 5.75. The second kappa shape index (κ2) is 4.75. The van der Waals surface area contributed by atoms with E-state index < -0.39 is 0 Å². The van der Waals surface area contributed by atoms with Crippen LogP contribution in [0.3, 0.4) is 0 Å². The molecule has 0 N–H and O–H groups in total. The minimum atomic E-state index is 0.199. The van der Waals surface area contributed by atoms with Gasteiger partial charge < -0.3 is 9.47 Å². The van der Waals surface area contributed by atoms with Gasteiger partial charge in [0.15, 0.2) is 11.5 Å². The lowest BCUT2D eigenvalue weighted by Crippen LogP contribution is -2.26. The quantitative estimate of drug-likeness (QED) is 0.706. The number of nitrogens with zero attached hydrogens (tertiary/aromatic N) is 8. The number of aryl methyl sites for hydroxylation is 3. The highest BCUT2D eigenvalue weighted by molar-refractivity contribution is 5.87. The number of hydrogen-bond donors (Lipinski definition) is 0. The Balaban J connectivity index is 1.86. The summed E-state index contributed by atoms with van der Waals surface area (Å²) in [5.74, 6) is 2.68. The van der Waals surface area contributed by atoms with E-state index in [2.05, 4.69) is 25.2 Å². The van der Waals surface area contributed by atoms with Crippen LogP contribution in [0.4, 0.5) is 5.82 Å². The van der Waals surface area contributed by atoms with Crippen molar-refractivity contribution in [3.8, 4) is 0 Å². The van der Waals surface area contributed by atoms with E-state index in [0.717, 1.165) is 47.9 Å². The van der Waals surface area contributed by atoms with Crippen molar-refractivity contribution in [2.75, 3.05) is 11.4 Å². The van der Waals surface area contributed by atoms with Crippen LogP contribution in [0.1, 0.15) is 30.5 Å². The molecule has 1 aliphatic rings. The third-order valence-electron chi connectivity index (χ3n) is 4.25. The standard InChI is InChI=1S/C14H18N8/c1-9-17-12-10(7-16-21(12)3)13(18-9)22-6-4-5-11(22)14-19-15-8-20(14)2/h7-8,11H,4-6H2,1-3H3/t11-/m0/s1. The molecule has 0 saturated carbocycles. The van der Waals surface area contributed by atoms with E-state index in [4.69, 9.17) is 4.98 Å². The van der Waals surface area contributed by atoms with Crippen LogP contribution in [0.5, 0.6) is 0 Å². The molecule has 0 bridgehead atoms. The Bertz CT molecular complexity index is 833. The fourth-order valence-electron chi connectivity index (χ4n) is 3.21. The lowest BCUT2D eigenvalue weighted by Gasteiger charge is -2.25. The number of fused-ring (bicyclic) bond motifs is 1. The molecule has 3 aromatic rings. The molecule has 0 radical (unpaired) electrons. The summed E-state index contributed by atoms with van der Waals surface area (Å²) in [6, 6.07) is 0.199. The van der Waals surface area contributed by atoms with E-state index >= 15 is 0 Å². The van der Waals surface area contributed by atoms with Crippen molar-refractivity contribution in [1.82, 2.24) is 34.5 Å². The van der Waals surface area contributed by atoms with E-state index in [0.29, 0.717) is 0 Å². The van der Waals surface area contributed by atoms with E-state index in [1.807, 2.05) is 31.8 Å². The number of anilines is 1. The van der Waals surface area contributed by atoms with Crippen molar-refractivity contribution in [1.29, 1.82) is 0 Å². The van der Waals surface area contributed by atoms with E-state index in [-0.39, 0.29) is 6.04 Å². The average Bonchev–Trinajstić information content (AvgIpc) is 3.19. The largest absolute Gasteiger partial charge is 0.346 e. The molecule has 3 aromatic heterocycles. The molecule has 0 spiro atoms. The smallest absolute Gasteiger partial charge is 0.163 e. The highest BCUT2D eigenvalue weighted by Crippen LogP contribution is 2.36. The molecular weight excluding hydrogens is 280 g/mol. The van der Waals surface area contributed by atoms with Gasteiger partial charge in [0.1, 0.15) is 18.0 Å². The molecule has 4 rings (SSSR count). The summed E-state index contributed by atoms with van der Waals surface area (Å²) in [5, 5.41) is 13.6. The van der Waals surface area contributed by atoms with E-state index in [1.54, 1.807) is 11.0 Å². The van der Waals surface area contributed by atoms with Gasteiger partial charge in [-0.25, -0.2) is 9.97 Å². The molecule has 1 fully saturated rings. The minimum Gasteiger partial charge on any atom is -0.346 e. The summed E-state index contributed by atoms with van der Waals surface area (Å²) in [6.07, 6.45) is 5.76. The second-order valence-electron chi connectivity index (χ2n) is 5.75. The van der Waals surface area contributed by atoms with Crippen molar-refractivity contribution >= 4 is 16.9 Å². The number of aromatic nitrogens is 7. The topological polar surface area (TPSA) is 77.5 Å². The molecule has 8 nitrogen and oxygen atoms in total. The summed E-state index contributed by atoms with van der Waals surface area (Å²) >= 11 is 0. The SMILES string of the molecule is Cc1nc(N2CCC[C@H]2c2nncn2C)c2cnn(C)c2n1. The van der Waals surface area contributed by atoms with Gasteiger partial charge in [-0.2, -0.15) is 5.10 Å². The number of rotatable bonds is 2. The average molecular weight is 298 g/mol. The summed E-state index contributed by atoms with van der Waals surface area (Å²) in [4.78, 5) is 11.5. The van der Waals surface area contributed by atoms with Gasteiger partial charge in [0, 0.05) is 20.6 Å². The van der Waals surface area contributed by atoms with Crippen molar-refractivity contribution in [3.63, 3.8) is 0 Å². The van der Waals surface area contributed by atoms with Crippen LogP contribution in [0.25, 0.3) is 11.0 Å². The zero-order valence-corrected chi connectivity index (χ0v) is 12.9. The van der Waals surface area contributed by atoms with Crippen LogP contribution in [-0.2, 0) is 14.1 Å². The molecule has 0 aromatic carbocycles. The van der Waals surface area contributed by atoms with Gasteiger partial charge in [0.25, 0.3) is 0 Å². The van der Waals surface area contributed by atoms with Crippen LogP contribution >= 0.6 is 0 Å². The van der Waals surface area contributed by atoms with Gasteiger partial charge in [0.2, 0.25) is 0 Å². The minimum absolute atomic E-state index is 0.199. The lowest BCUT2D eigenvalue weighted by atomic mass is 10.2. The molecule has 0 aliphatic carbocycles. The zero-order chi connectivity index (χ0) is 15.3. The lowest BCUT2D eigenvalue weighted by molar-refractivity contribution is 0.625. The van der Waals surface area contributed by atoms with Crippen molar-refractivity contribution in [3.05, 3.63) is 24.2 Å². The molecule has 1 saturated heterocycles. The molecule has 22 heavy (non-hydrogen) atoms. The van der Waals surface area contributed by atoms with Crippen LogP contribution in [0, 0.1) is 6.92 Å².